The predicted molar refractivity (Wildman–Crippen MR) is 135 cm³/mol. The molecule has 0 spiro atoms. The number of ether oxygens (including phenoxy) is 1. The second kappa shape index (κ2) is 9.82. The fourth-order valence-electron chi connectivity index (χ4n) is 3.21. The summed E-state index contributed by atoms with van der Waals surface area (Å²) < 4.78 is 35.4. The number of aromatic nitrogens is 3. The van der Waals surface area contributed by atoms with Crippen LogP contribution < -0.4 is 21.1 Å². The number of amides is 2. The first-order valence-electron chi connectivity index (χ1n) is 10.8. The number of nitrogens with two attached hydrogens (primary N) is 1. The van der Waals surface area contributed by atoms with Gasteiger partial charge < -0.3 is 15.8 Å². The molecule has 0 saturated heterocycles. The molecule has 2 heterocycles. The zero-order valence-electron chi connectivity index (χ0n) is 19.6. The van der Waals surface area contributed by atoms with Crippen molar-refractivity contribution in [3.8, 4) is 17.2 Å². The Balaban J connectivity index is 1.54. The van der Waals surface area contributed by atoms with Crippen molar-refractivity contribution >= 4 is 35.0 Å². The van der Waals surface area contributed by atoms with Crippen LogP contribution in [0.2, 0.25) is 5.02 Å². The zero-order chi connectivity index (χ0) is 26.0. The molecule has 0 aliphatic carbocycles. The first-order valence-corrected chi connectivity index (χ1v) is 11.2. The van der Waals surface area contributed by atoms with Crippen LogP contribution in [0.5, 0.6) is 11.5 Å². The first-order chi connectivity index (χ1) is 17.0. The third-order valence-corrected chi connectivity index (χ3v) is 5.33. The molecule has 0 aliphatic rings. The van der Waals surface area contributed by atoms with Crippen LogP contribution in [0.3, 0.4) is 0 Å². The fourth-order valence-corrected chi connectivity index (χ4v) is 3.38. The van der Waals surface area contributed by atoms with Gasteiger partial charge in [-0.25, -0.2) is 23.2 Å². The Morgan fingerprint density at radius 1 is 1.00 bits per heavy atom. The van der Waals surface area contributed by atoms with Gasteiger partial charge >= 0.3 is 6.03 Å². The number of anilines is 3. The Morgan fingerprint density at radius 2 is 1.75 bits per heavy atom. The van der Waals surface area contributed by atoms with E-state index in [1.165, 1.54) is 47.3 Å². The van der Waals surface area contributed by atoms with E-state index < -0.39 is 17.7 Å². The Bertz CT molecular complexity index is 1430. The summed E-state index contributed by atoms with van der Waals surface area (Å²) in [5, 5.41) is 9.59. The monoisotopic (exact) mass is 512 g/mol. The van der Waals surface area contributed by atoms with Crippen LogP contribution in [0.15, 0.2) is 60.8 Å². The summed E-state index contributed by atoms with van der Waals surface area (Å²) in [5.74, 6) is -0.130. The van der Waals surface area contributed by atoms with E-state index in [1.807, 2.05) is 20.8 Å². The lowest BCUT2D eigenvalue weighted by Gasteiger charge is -2.14. The molecule has 4 N–H and O–H groups in total. The van der Waals surface area contributed by atoms with Crippen LogP contribution in [-0.4, -0.2) is 20.8 Å². The maximum Gasteiger partial charge on any atom is 0.324 e. The van der Waals surface area contributed by atoms with Gasteiger partial charge in [0.1, 0.15) is 34.8 Å². The molecular weight excluding hydrogens is 490 g/mol. The third kappa shape index (κ3) is 5.72. The molecule has 11 heteroatoms. The minimum absolute atomic E-state index is 0.0685. The minimum atomic E-state index is -0.709. The standard InChI is InChI=1S/C25H23ClF2N6O2/c1-25(2,3)21-13-23(34(33-21)14-4-6-18(27)17(26)10-14)32-24(35)31-20-7-5-15(11-19(20)28)36-16-8-9-30-22(29)12-16/h4-13H,1-3H3,(H2,29,30)(H2,31,32,35). The van der Waals surface area contributed by atoms with Crippen molar-refractivity contribution in [1.29, 1.82) is 0 Å². The molecule has 2 aromatic carbocycles. The normalized spacial score (nSPS) is 11.3. The number of hydrogen-bond donors (Lipinski definition) is 3. The van der Waals surface area contributed by atoms with E-state index in [-0.39, 0.29) is 33.5 Å². The van der Waals surface area contributed by atoms with E-state index in [2.05, 4.69) is 20.7 Å². The van der Waals surface area contributed by atoms with Crippen molar-refractivity contribution in [2.45, 2.75) is 26.2 Å². The average Bonchev–Trinajstić information content (AvgIpc) is 3.22. The highest BCUT2D eigenvalue weighted by atomic mass is 35.5. The fraction of sp³-hybridized carbons (Fsp3) is 0.160. The van der Waals surface area contributed by atoms with E-state index >= 15 is 0 Å². The summed E-state index contributed by atoms with van der Waals surface area (Å²) in [6.45, 7) is 5.88. The van der Waals surface area contributed by atoms with Crippen molar-refractivity contribution < 1.29 is 18.3 Å². The molecule has 0 fully saturated rings. The molecule has 8 nitrogen and oxygen atoms in total. The minimum Gasteiger partial charge on any atom is -0.457 e. The largest absolute Gasteiger partial charge is 0.457 e. The number of carbonyl (C=O) groups excluding carboxylic acids is 1. The van der Waals surface area contributed by atoms with Crippen LogP contribution in [0.4, 0.5) is 30.9 Å². The number of benzene rings is 2. The highest BCUT2D eigenvalue weighted by Crippen LogP contribution is 2.29. The maximum atomic E-state index is 14.7. The Kier molecular flexibility index (Phi) is 6.80. The van der Waals surface area contributed by atoms with Gasteiger partial charge in [-0.15, -0.1) is 0 Å². The van der Waals surface area contributed by atoms with Gasteiger partial charge in [0.15, 0.2) is 0 Å². The molecule has 0 aliphatic heterocycles. The number of nitrogens with one attached hydrogen (secondary N) is 2. The molecule has 36 heavy (non-hydrogen) atoms. The lowest BCUT2D eigenvalue weighted by molar-refractivity contribution is 0.262. The number of carbonyl (C=O) groups is 1. The van der Waals surface area contributed by atoms with Gasteiger partial charge in [0.2, 0.25) is 0 Å². The summed E-state index contributed by atoms with van der Waals surface area (Å²) in [5.41, 5.74) is 6.32. The van der Waals surface area contributed by atoms with Crippen molar-refractivity contribution in [2.24, 2.45) is 0 Å². The molecule has 0 bridgehead atoms. The predicted octanol–water partition coefficient (Wildman–Crippen LogP) is 6.51. The van der Waals surface area contributed by atoms with E-state index in [4.69, 9.17) is 22.1 Å². The van der Waals surface area contributed by atoms with Gasteiger partial charge in [0.25, 0.3) is 0 Å². The van der Waals surface area contributed by atoms with Gasteiger partial charge in [-0.2, -0.15) is 5.10 Å². The summed E-state index contributed by atoms with van der Waals surface area (Å²) >= 11 is 5.94. The number of hydrogen-bond acceptors (Lipinski definition) is 5. The first kappa shape index (κ1) is 24.9. The van der Waals surface area contributed by atoms with Crippen LogP contribution in [0.25, 0.3) is 5.69 Å². The molecular formula is C25H23ClF2N6O2. The number of halogens is 3. The summed E-state index contributed by atoms with van der Waals surface area (Å²) in [4.78, 5) is 16.6. The summed E-state index contributed by atoms with van der Waals surface area (Å²) in [7, 11) is 0. The quantitative estimate of drug-likeness (QED) is 0.282. The third-order valence-electron chi connectivity index (χ3n) is 5.04. The van der Waals surface area contributed by atoms with Gasteiger partial charge in [-0.05, 0) is 36.4 Å². The molecule has 186 valence electrons. The van der Waals surface area contributed by atoms with Crippen LogP contribution in [0, 0.1) is 11.6 Å². The molecule has 0 saturated carbocycles. The lowest BCUT2D eigenvalue weighted by Crippen LogP contribution is -2.22. The van der Waals surface area contributed by atoms with E-state index in [0.717, 1.165) is 6.07 Å². The molecule has 2 amide bonds. The number of urea groups is 1. The van der Waals surface area contributed by atoms with Crippen LogP contribution in [-0.2, 0) is 5.41 Å². The average molecular weight is 513 g/mol. The molecule has 4 rings (SSSR count). The Hall–Kier alpha value is -4.18. The second-order valence-electron chi connectivity index (χ2n) is 8.91. The molecule has 0 atom stereocenters. The molecule has 2 aromatic heterocycles. The number of pyridine rings is 1. The molecule has 4 aromatic rings. The van der Waals surface area contributed by atoms with E-state index in [0.29, 0.717) is 17.1 Å². The van der Waals surface area contributed by atoms with Crippen LogP contribution >= 0.6 is 11.6 Å². The number of nitrogen functional groups attached to an aromatic ring is 1. The SMILES string of the molecule is CC(C)(C)c1cc(NC(=O)Nc2ccc(Oc3ccnc(N)c3)cc2F)n(-c2ccc(F)c(Cl)c2)n1. The highest BCUT2D eigenvalue weighted by Gasteiger charge is 2.22. The maximum absolute atomic E-state index is 14.7. The number of nitrogens with zero attached hydrogens (tertiary/aromatic N) is 3. The van der Waals surface area contributed by atoms with Gasteiger partial charge in [-0.1, -0.05) is 32.4 Å². The lowest BCUT2D eigenvalue weighted by atomic mass is 9.92. The molecule has 0 unspecified atom stereocenters. The van der Waals surface area contributed by atoms with Gasteiger partial charge in [0, 0.05) is 29.8 Å². The summed E-state index contributed by atoms with van der Waals surface area (Å²) in [6, 6.07) is 12.1. The van der Waals surface area contributed by atoms with Crippen molar-refractivity contribution in [2.75, 3.05) is 16.4 Å². The second-order valence-corrected chi connectivity index (χ2v) is 9.32. The Morgan fingerprint density at radius 3 is 2.42 bits per heavy atom. The topological polar surface area (TPSA) is 107 Å². The number of rotatable bonds is 5. The van der Waals surface area contributed by atoms with E-state index in [1.54, 1.807) is 12.1 Å². The smallest absolute Gasteiger partial charge is 0.324 e. The van der Waals surface area contributed by atoms with E-state index in [9.17, 15) is 13.6 Å². The highest BCUT2D eigenvalue weighted by molar-refractivity contribution is 6.30. The molecule has 0 radical (unpaired) electrons. The summed E-state index contributed by atoms with van der Waals surface area (Å²) in [6.07, 6.45) is 1.47. The van der Waals surface area contributed by atoms with Crippen molar-refractivity contribution in [3.63, 3.8) is 0 Å². The van der Waals surface area contributed by atoms with Crippen molar-refractivity contribution in [1.82, 2.24) is 14.8 Å². The Labute approximate surface area is 211 Å². The van der Waals surface area contributed by atoms with Crippen molar-refractivity contribution in [3.05, 3.63) is 83.1 Å². The van der Waals surface area contributed by atoms with Gasteiger partial charge in [0.05, 0.1) is 22.1 Å². The van der Waals surface area contributed by atoms with Gasteiger partial charge in [-0.3, -0.25) is 5.32 Å². The zero-order valence-corrected chi connectivity index (χ0v) is 20.4. The van der Waals surface area contributed by atoms with Crippen LogP contribution in [0.1, 0.15) is 26.5 Å².